The molecular formula is C18H18ClNO5. The van der Waals surface area contributed by atoms with Crippen molar-refractivity contribution in [1.82, 2.24) is 0 Å². The summed E-state index contributed by atoms with van der Waals surface area (Å²) in [7, 11) is 1.21. The number of methoxy groups -OCH3 is 1. The number of ether oxygens (including phenoxy) is 2. The number of anilines is 1. The first-order valence-corrected chi connectivity index (χ1v) is 7.98. The summed E-state index contributed by atoms with van der Waals surface area (Å²) in [6.45, 7) is 0.325. The normalized spacial score (nSPS) is 10.2. The van der Waals surface area contributed by atoms with Crippen molar-refractivity contribution in [3.63, 3.8) is 0 Å². The van der Waals surface area contributed by atoms with Gasteiger partial charge in [0.05, 0.1) is 24.4 Å². The van der Waals surface area contributed by atoms with Crippen molar-refractivity contribution in [3.05, 3.63) is 53.1 Å². The predicted octanol–water partition coefficient (Wildman–Crippen LogP) is 3.63. The third-order valence-corrected chi connectivity index (χ3v) is 3.67. The number of hydrogen-bond donors (Lipinski definition) is 2. The van der Waals surface area contributed by atoms with Crippen molar-refractivity contribution >= 4 is 29.2 Å². The number of nitrogens with one attached hydrogen (secondary N) is 1. The van der Waals surface area contributed by atoms with Crippen molar-refractivity contribution in [2.24, 2.45) is 0 Å². The summed E-state index contributed by atoms with van der Waals surface area (Å²) in [6, 6.07) is 11.5. The van der Waals surface area contributed by atoms with Crippen molar-refractivity contribution < 1.29 is 24.2 Å². The molecule has 0 aliphatic heterocycles. The lowest BCUT2D eigenvalue weighted by molar-refractivity contribution is -0.116. The lowest BCUT2D eigenvalue weighted by Crippen LogP contribution is -2.14. The van der Waals surface area contributed by atoms with Gasteiger partial charge in [0.25, 0.3) is 0 Å². The van der Waals surface area contributed by atoms with Gasteiger partial charge < -0.3 is 19.9 Å². The molecule has 25 heavy (non-hydrogen) atoms. The lowest BCUT2D eigenvalue weighted by atomic mass is 10.1. The molecule has 0 aliphatic carbocycles. The molecule has 132 valence electrons. The van der Waals surface area contributed by atoms with Gasteiger partial charge in [-0.15, -0.1) is 0 Å². The maximum absolute atomic E-state index is 12.0. The number of carbonyl (C=O) groups excluding carboxylic acids is 2. The fourth-order valence-electron chi connectivity index (χ4n) is 2.11. The number of benzene rings is 2. The zero-order valence-corrected chi connectivity index (χ0v) is 14.4. The molecular weight excluding hydrogens is 346 g/mol. The van der Waals surface area contributed by atoms with E-state index >= 15 is 0 Å². The van der Waals surface area contributed by atoms with E-state index in [0.29, 0.717) is 23.8 Å². The minimum Gasteiger partial charge on any atom is -0.505 e. The van der Waals surface area contributed by atoms with Crippen LogP contribution in [0.15, 0.2) is 42.5 Å². The summed E-state index contributed by atoms with van der Waals surface area (Å²) < 4.78 is 10.1. The SMILES string of the molecule is COC(=O)c1cccc(NC(=O)CCCOc2ccccc2Cl)c1O. The minimum absolute atomic E-state index is 0.0117. The van der Waals surface area contributed by atoms with E-state index in [1.807, 2.05) is 6.07 Å². The molecule has 0 spiro atoms. The summed E-state index contributed by atoms with van der Waals surface area (Å²) in [4.78, 5) is 23.5. The van der Waals surface area contributed by atoms with Gasteiger partial charge in [-0.2, -0.15) is 0 Å². The number of rotatable bonds is 7. The molecule has 0 aliphatic rings. The van der Waals surface area contributed by atoms with Gasteiger partial charge >= 0.3 is 5.97 Å². The van der Waals surface area contributed by atoms with E-state index in [9.17, 15) is 14.7 Å². The Morgan fingerprint density at radius 1 is 1.16 bits per heavy atom. The zero-order chi connectivity index (χ0) is 18.2. The second kappa shape index (κ2) is 8.94. The molecule has 1 amide bonds. The van der Waals surface area contributed by atoms with Crippen LogP contribution in [-0.4, -0.2) is 30.7 Å². The van der Waals surface area contributed by atoms with E-state index < -0.39 is 5.97 Å². The summed E-state index contributed by atoms with van der Waals surface area (Å²) in [5.74, 6) is -0.746. The Bertz CT molecular complexity index is 763. The maximum Gasteiger partial charge on any atom is 0.341 e. The number of phenols is 1. The standard InChI is InChI=1S/C18H18ClNO5/c1-24-18(23)12-6-4-8-14(17(12)22)20-16(21)10-5-11-25-15-9-3-2-7-13(15)19/h2-4,6-9,22H,5,10-11H2,1H3,(H,20,21). The summed E-state index contributed by atoms with van der Waals surface area (Å²) in [6.07, 6.45) is 0.654. The van der Waals surface area contributed by atoms with E-state index in [4.69, 9.17) is 16.3 Å². The molecule has 2 rings (SSSR count). The van der Waals surface area contributed by atoms with Crippen LogP contribution in [-0.2, 0) is 9.53 Å². The molecule has 0 fully saturated rings. The number of amides is 1. The van der Waals surface area contributed by atoms with Crippen LogP contribution in [0.3, 0.4) is 0 Å². The average Bonchev–Trinajstić information content (AvgIpc) is 2.61. The first-order valence-electron chi connectivity index (χ1n) is 7.60. The Morgan fingerprint density at radius 3 is 2.64 bits per heavy atom. The van der Waals surface area contributed by atoms with Gasteiger partial charge in [-0.25, -0.2) is 4.79 Å². The molecule has 2 N–H and O–H groups in total. The van der Waals surface area contributed by atoms with Gasteiger partial charge in [-0.1, -0.05) is 29.8 Å². The van der Waals surface area contributed by atoms with Gasteiger partial charge in [0, 0.05) is 6.42 Å². The number of carbonyl (C=O) groups is 2. The molecule has 0 unspecified atom stereocenters. The van der Waals surface area contributed by atoms with Gasteiger partial charge in [0.15, 0.2) is 5.75 Å². The van der Waals surface area contributed by atoms with Crippen LogP contribution in [0.1, 0.15) is 23.2 Å². The number of aromatic hydroxyl groups is 1. The Labute approximate surface area is 150 Å². The van der Waals surface area contributed by atoms with Gasteiger partial charge in [0.2, 0.25) is 5.91 Å². The first-order chi connectivity index (χ1) is 12.0. The molecule has 0 saturated heterocycles. The Balaban J connectivity index is 1.85. The van der Waals surface area contributed by atoms with Crippen molar-refractivity contribution in [2.45, 2.75) is 12.8 Å². The third-order valence-electron chi connectivity index (χ3n) is 3.36. The number of halogens is 1. The highest BCUT2D eigenvalue weighted by Crippen LogP contribution is 2.28. The van der Waals surface area contributed by atoms with Gasteiger partial charge in [-0.05, 0) is 30.7 Å². The number of esters is 1. The zero-order valence-electron chi connectivity index (χ0n) is 13.6. The van der Waals surface area contributed by atoms with Gasteiger partial charge in [-0.3, -0.25) is 4.79 Å². The van der Waals surface area contributed by atoms with Crippen LogP contribution < -0.4 is 10.1 Å². The van der Waals surface area contributed by atoms with Gasteiger partial charge in [0.1, 0.15) is 11.3 Å². The smallest absolute Gasteiger partial charge is 0.341 e. The third kappa shape index (κ3) is 5.12. The maximum atomic E-state index is 12.0. The lowest BCUT2D eigenvalue weighted by Gasteiger charge is -2.10. The highest BCUT2D eigenvalue weighted by Gasteiger charge is 2.15. The average molecular weight is 364 g/mol. The van der Waals surface area contributed by atoms with Crippen molar-refractivity contribution in [1.29, 1.82) is 0 Å². The topological polar surface area (TPSA) is 84.9 Å². The quantitative estimate of drug-likeness (QED) is 0.446. The first kappa shape index (κ1) is 18.6. The second-order valence-corrected chi connectivity index (χ2v) is 5.53. The molecule has 2 aromatic carbocycles. The minimum atomic E-state index is -0.679. The second-order valence-electron chi connectivity index (χ2n) is 5.12. The highest BCUT2D eigenvalue weighted by atomic mass is 35.5. The fourth-order valence-corrected chi connectivity index (χ4v) is 2.30. The molecule has 0 aromatic heterocycles. The number of phenolic OH excluding ortho intramolecular Hbond substituents is 1. The fraction of sp³-hybridized carbons (Fsp3) is 0.222. The van der Waals surface area contributed by atoms with Crippen LogP contribution in [0, 0.1) is 0 Å². The van der Waals surface area contributed by atoms with Crippen LogP contribution >= 0.6 is 11.6 Å². The molecule has 6 nitrogen and oxygen atoms in total. The Kier molecular flexibility index (Phi) is 6.65. The predicted molar refractivity (Wildman–Crippen MR) is 94.3 cm³/mol. The number of hydrogen-bond acceptors (Lipinski definition) is 5. The molecule has 0 bridgehead atoms. The van der Waals surface area contributed by atoms with Crippen molar-refractivity contribution in [2.75, 3.05) is 19.0 Å². The van der Waals surface area contributed by atoms with E-state index in [1.54, 1.807) is 24.3 Å². The Hall–Kier alpha value is -2.73. The summed E-state index contributed by atoms with van der Waals surface area (Å²) in [5.41, 5.74) is 0.141. The van der Waals surface area contributed by atoms with Crippen LogP contribution in [0.4, 0.5) is 5.69 Å². The van der Waals surface area contributed by atoms with Crippen molar-refractivity contribution in [3.8, 4) is 11.5 Å². The molecule has 0 atom stereocenters. The van der Waals surface area contributed by atoms with E-state index in [2.05, 4.69) is 10.1 Å². The highest BCUT2D eigenvalue weighted by molar-refractivity contribution is 6.32. The molecule has 0 saturated carbocycles. The monoisotopic (exact) mass is 363 g/mol. The van der Waals surface area contributed by atoms with Crippen LogP contribution in [0.2, 0.25) is 5.02 Å². The molecule has 0 radical (unpaired) electrons. The number of para-hydroxylation sites is 2. The Morgan fingerprint density at radius 2 is 1.92 bits per heavy atom. The molecule has 7 heteroatoms. The van der Waals surface area contributed by atoms with E-state index in [0.717, 1.165) is 0 Å². The largest absolute Gasteiger partial charge is 0.505 e. The van der Waals surface area contributed by atoms with Crippen LogP contribution in [0.25, 0.3) is 0 Å². The van der Waals surface area contributed by atoms with Crippen LogP contribution in [0.5, 0.6) is 11.5 Å². The summed E-state index contributed by atoms with van der Waals surface area (Å²) >= 11 is 5.97. The van der Waals surface area contributed by atoms with E-state index in [1.165, 1.54) is 19.2 Å². The molecule has 2 aromatic rings. The molecule has 0 heterocycles. The summed E-state index contributed by atoms with van der Waals surface area (Å²) in [5, 5.41) is 13.1. The van der Waals surface area contributed by atoms with E-state index in [-0.39, 0.29) is 29.3 Å².